The van der Waals surface area contributed by atoms with Gasteiger partial charge in [-0.1, -0.05) is 20.8 Å². The van der Waals surface area contributed by atoms with Crippen LogP contribution in [0.25, 0.3) is 0 Å². The zero-order chi connectivity index (χ0) is 12.3. The molecule has 0 radical (unpaired) electrons. The summed E-state index contributed by atoms with van der Waals surface area (Å²) in [4.78, 5) is 7.29. The smallest absolute Gasteiger partial charge is 0.0954 e. The van der Waals surface area contributed by atoms with Crippen LogP contribution in [0.5, 0.6) is 0 Å². The first-order chi connectivity index (χ1) is 8.20. The third-order valence-electron chi connectivity index (χ3n) is 3.22. The van der Waals surface area contributed by atoms with Crippen LogP contribution in [0.2, 0.25) is 0 Å². The Bertz CT molecular complexity index is 344. The van der Waals surface area contributed by atoms with Gasteiger partial charge in [0.05, 0.1) is 10.7 Å². The molecule has 0 aromatic carbocycles. The van der Waals surface area contributed by atoms with Crippen LogP contribution in [0.3, 0.4) is 0 Å². The van der Waals surface area contributed by atoms with E-state index in [1.165, 1.54) is 23.7 Å². The predicted molar refractivity (Wildman–Crippen MR) is 73.6 cm³/mol. The van der Waals surface area contributed by atoms with Gasteiger partial charge in [-0.25, -0.2) is 4.98 Å². The molecule has 1 fully saturated rings. The van der Waals surface area contributed by atoms with Crippen molar-refractivity contribution >= 4 is 11.3 Å². The minimum atomic E-state index is 0.554. The average molecular weight is 253 g/mol. The van der Waals surface area contributed by atoms with Crippen molar-refractivity contribution in [1.29, 1.82) is 0 Å². The number of aromatic nitrogens is 1. The molecule has 4 heteroatoms. The van der Waals surface area contributed by atoms with Crippen LogP contribution in [0.4, 0.5) is 0 Å². The van der Waals surface area contributed by atoms with Crippen molar-refractivity contribution in [3.05, 3.63) is 16.1 Å². The van der Waals surface area contributed by atoms with Crippen molar-refractivity contribution in [3.63, 3.8) is 0 Å². The molecule has 0 saturated carbocycles. The molecule has 96 valence electrons. The standard InChI is InChI=1S/C13H23N3S/c1-4-5-16(12-6-14-7-12)8-11-9-17-13(15-11)10(2)3/h9-10,12,14H,4-8H2,1-3H3. The molecule has 1 N–H and O–H groups in total. The Morgan fingerprint density at radius 1 is 1.53 bits per heavy atom. The highest BCUT2D eigenvalue weighted by Gasteiger charge is 2.24. The lowest BCUT2D eigenvalue weighted by molar-refractivity contribution is 0.136. The normalized spacial score (nSPS) is 16.8. The van der Waals surface area contributed by atoms with E-state index in [0.717, 1.165) is 25.7 Å². The highest BCUT2D eigenvalue weighted by atomic mass is 32.1. The summed E-state index contributed by atoms with van der Waals surface area (Å²) in [6, 6.07) is 0.721. The summed E-state index contributed by atoms with van der Waals surface area (Å²) < 4.78 is 0. The lowest BCUT2D eigenvalue weighted by atomic mass is 10.1. The van der Waals surface area contributed by atoms with E-state index in [2.05, 4.69) is 36.4 Å². The maximum Gasteiger partial charge on any atom is 0.0954 e. The first-order valence-corrected chi connectivity index (χ1v) is 7.47. The van der Waals surface area contributed by atoms with E-state index in [0.29, 0.717) is 5.92 Å². The monoisotopic (exact) mass is 253 g/mol. The van der Waals surface area contributed by atoms with Gasteiger partial charge < -0.3 is 5.32 Å². The third-order valence-corrected chi connectivity index (χ3v) is 4.41. The lowest BCUT2D eigenvalue weighted by Crippen LogP contribution is -2.57. The van der Waals surface area contributed by atoms with Crippen LogP contribution in [0, 0.1) is 0 Å². The van der Waals surface area contributed by atoms with Crippen molar-refractivity contribution < 1.29 is 0 Å². The zero-order valence-corrected chi connectivity index (χ0v) is 11.9. The first-order valence-electron chi connectivity index (χ1n) is 6.59. The van der Waals surface area contributed by atoms with Crippen LogP contribution in [0.15, 0.2) is 5.38 Å². The molecule has 1 aromatic rings. The van der Waals surface area contributed by atoms with Crippen LogP contribution in [0.1, 0.15) is 43.8 Å². The van der Waals surface area contributed by atoms with Gasteiger partial charge in [-0.15, -0.1) is 11.3 Å². The molecule has 1 aliphatic heterocycles. The van der Waals surface area contributed by atoms with Gasteiger partial charge in [-0.2, -0.15) is 0 Å². The van der Waals surface area contributed by atoms with E-state index in [9.17, 15) is 0 Å². The number of hydrogen-bond acceptors (Lipinski definition) is 4. The quantitative estimate of drug-likeness (QED) is 0.844. The summed E-state index contributed by atoms with van der Waals surface area (Å²) in [7, 11) is 0. The summed E-state index contributed by atoms with van der Waals surface area (Å²) >= 11 is 1.80. The van der Waals surface area contributed by atoms with Crippen molar-refractivity contribution in [2.24, 2.45) is 0 Å². The molecule has 0 bridgehead atoms. The number of hydrogen-bond donors (Lipinski definition) is 1. The molecule has 2 rings (SSSR count). The number of nitrogens with one attached hydrogen (secondary N) is 1. The van der Waals surface area contributed by atoms with E-state index in [1.54, 1.807) is 11.3 Å². The van der Waals surface area contributed by atoms with E-state index < -0.39 is 0 Å². The van der Waals surface area contributed by atoms with Crippen molar-refractivity contribution in [2.75, 3.05) is 19.6 Å². The summed E-state index contributed by atoms with van der Waals surface area (Å²) in [6.45, 7) is 11.1. The lowest BCUT2D eigenvalue weighted by Gasteiger charge is -2.37. The molecule has 0 atom stereocenters. The van der Waals surface area contributed by atoms with Crippen LogP contribution in [-0.4, -0.2) is 35.6 Å². The summed E-state index contributed by atoms with van der Waals surface area (Å²) in [6.07, 6.45) is 1.22. The minimum absolute atomic E-state index is 0.554. The molecular formula is C13H23N3S. The average Bonchev–Trinajstić information content (AvgIpc) is 2.64. The molecule has 17 heavy (non-hydrogen) atoms. The Morgan fingerprint density at radius 3 is 2.76 bits per heavy atom. The van der Waals surface area contributed by atoms with Gasteiger partial charge in [0.15, 0.2) is 0 Å². The fourth-order valence-corrected chi connectivity index (χ4v) is 2.90. The maximum absolute atomic E-state index is 4.73. The fourth-order valence-electron chi connectivity index (χ4n) is 2.08. The van der Waals surface area contributed by atoms with Crippen LogP contribution >= 0.6 is 11.3 Å². The highest BCUT2D eigenvalue weighted by Crippen LogP contribution is 2.21. The van der Waals surface area contributed by atoms with Gasteiger partial charge in [-0.3, -0.25) is 4.90 Å². The Hall–Kier alpha value is -0.450. The van der Waals surface area contributed by atoms with Gasteiger partial charge in [0.2, 0.25) is 0 Å². The Kier molecular flexibility index (Phi) is 4.54. The molecule has 3 nitrogen and oxygen atoms in total. The van der Waals surface area contributed by atoms with Gasteiger partial charge >= 0.3 is 0 Å². The SMILES string of the molecule is CCCN(Cc1csc(C(C)C)n1)C1CNC1. The molecule has 1 aromatic heterocycles. The van der Waals surface area contributed by atoms with Gasteiger partial charge in [0.1, 0.15) is 0 Å². The number of thiazole rings is 1. The molecule has 0 unspecified atom stereocenters. The van der Waals surface area contributed by atoms with Crippen LogP contribution in [-0.2, 0) is 6.54 Å². The predicted octanol–water partition coefficient (Wildman–Crippen LogP) is 2.45. The largest absolute Gasteiger partial charge is 0.314 e. The van der Waals surface area contributed by atoms with E-state index in [1.807, 2.05) is 0 Å². The maximum atomic E-state index is 4.73. The van der Waals surface area contributed by atoms with E-state index in [-0.39, 0.29) is 0 Å². The van der Waals surface area contributed by atoms with E-state index >= 15 is 0 Å². The first kappa shape index (κ1) is 13.0. The fraction of sp³-hybridized carbons (Fsp3) is 0.769. The molecule has 2 heterocycles. The van der Waals surface area contributed by atoms with E-state index in [4.69, 9.17) is 4.98 Å². The molecule has 1 aliphatic rings. The topological polar surface area (TPSA) is 28.2 Å². The molecular weight excluding hydrogens is 230 g/mol. The number of rotatable bonds is 6. The second-order valence-electron chi connectivity index (χ2n) is 5.11. The molecule has 1 saturated heterocycles. The third kappa shape index (κ3) is 3.27. The summed E-state index contributed by atoms with van der Waals surface area (Å²) in [5, 5.41) is 6.84. The Labute approximate surface area is 108 Å². The Balaban J connectivity index is 1.95. The van der Waals surface area contributed by atoms with Crippen LogP contribution < -0.4 is 5.32 Å². The van der Waals surface area contributed by atoms with Crippen molar-refractivity contribution in [1.82, 2.24) is 15.2 Å². The molecule has 0 amide bonds. The van der Waals surface area contributed by atoms with Gasteiger partial charge in [0, 0.05) is 37.0 Å². The molecule has 0 spiro atoms. The summed E-state index contributed by atoms with van der Waals surface area (Å²) in [5.41, 5.74) is 1.25. The Morgan fingerprint density at radius 2 is 2.29 bits per heavy atom. The molecule has 0 aliphatic carbocycles. The van der Waals surface area contributed by atoms with Crippen molar-refractivity contribution in [3.8, 4) is 0 Å². The second kappa shape index (κ2) is 5.94. The number of nitrogens with zero attached hydrogens (tertiary/aromatic N) is 2. The van der Waals surface area contributed by atoms with Gasteiger partial charge in [-0.05, 0) is 13.0 Å². The minimum Gasteiger partial charge on any atom is -0.314 e. The van der Waals surface area contributed by atoms with Crippen molar-refractivity contribution in [2.45, 2.75) is 45.7 Å². The summed E-state index contributed by atoms with van der Waals surface area (Å²) in [5.74, 6) is 0.554. The highest BCUT2D eigenvalue weighted by molar-refractivity contribution is 7.09. The second-order valence-corrected chi connectivity index (χ2v) is 6.00. The van der Waals surface area contributed by atoms with Gasteiger partial charge in [0.25, 0.3) is 0 Å². The zero-order valence-electron chi connectivity index (χ0n) is 11.1.